The fourth-order valence-corrected chi connectivity index (χ4v) is 5.51. The van der Waals surface area contributed by atoms with Crippen LogP contribution in [0.3, 0.4) is 0 Å². The summed E-state index contributed by atoms with van der Waals surface area (Å²) < 4.78 is 34.2. The average Bonchev–Trinajstić information content (AvgIpc) is 3.19. The maximum absolute atomic E-state index is 13.1. The number of sulfonamides is 1. The van der Waals surface area contributed by atoms with Crippen LogP contribution in [0.2, 0.25) is 5.02 Å². The van der Waals surface area contributed by atoms with Gasteiger partial charge in [0.15, 0.2) is 6.61 Å². The molecular weight excluding hydrogens is 551 g/mol. The number of rotatable bonds is 6. The van der Waals surface area contributed by atoms with Gasteiger partial charge in [-0.2, -0.15) is 0 Å². The Bertz CT molecular complexity index is 1230. The first kappa shape index (κ1) is 21.9. The van der Waals surface area contributed by atoms with Crippen LogP contribution in [0.25, 0.3) is 0 Å². The van der Waals surface area contributed by atoms with E-state index in [4.69, 9.17) is 16.3 Å². The van der Waals surface area contributed by atoms with Gasteiger partial charge in [-0.15, -0.1) is 0 Å². The van der Waals surface area contributed by atoms with Crippen molar-refractivity contribution < 1.29 is 17.9 Å². The van der Waals surface area contributed by atoms with E-state index in [-0.39, 0.29) is 28.2 Å². The number of carbonyl (C=O) groups excluding carboxylic acids is 1. The minimum Gasteiger partial charge on any atom is -0.482 e. The van der Waals surface area contributed by atoms with E-state index in [1.807, 2.05) is 30.3 Å². The molecule has 0 spiro atoms. The van der Waals surface area contributed by atoms with Crippen molar-refractivity contribution in [1.82, 2.24) is 0 Å². The van der Waals surface area contributed by atoms with Crippen LogP contribution >= 0.6 is 34.2 Å². The zero-order chi connectivity index (χ0) is 22.0. The number of ether oxygens (including phenoxy) is 1. The molecule has 1 aliphatic rings. The van der Waals surface area contributed by atoms with Gasteiger partial charge in [-0.25, -0.2) is 8.42 Å². The van der Waals surface area contributed by atoms with Gasteiger partial charge in [-0.1, -0.05) is 29.8 Å². The molecule has 0 saturated heterocycles. The highest BCUT2D eigenvalue weighted by Crippen LogP contribution is 2.35. The van der Waals surface area contributed by atoms with Gasteiger partial charge in [0.2, 0.25) is 0 Å². The summed E-state index contributed by atoms with van der Waals surface area (Å²) in [5.41, 5.74) is 2.34. The number of amides is 1. The lowest BCUT2D eigenvalue weighted by Gasteiger charge is -2.20. The number of para-hydroxylation sites is 1. The third-order valence-electron chi connectivity index (χ3n) is 4.82. The standard InChI is InChI=1S/C22H18ClIN2O4S/c23-19-13-18(31(28,29)26-12-11-15-3-1-2-4-20(15)26)9-10-21(19)30-14-22(27)25-17-7-5-16(24)6-8-17/h1-10,13H,11-12,14H2,(H,25,27). The van der Waals surface area contributed by atoms with Crippen molar-refractivity contribution in [2.45, 2.75) is 11.3 Å². The molecule has 1 amide bonds. The Morgan fingerprint density at radius 3 is 2.58 bits per heavy atom. The van der Waals surface area contributed by atoms with E-state index in [2.05, 4.69) is 27.9 Å². The molecule has 0 aliphatic carbocycles. The van der Waals surface area contributed by atoms with Crippen LogP contribution in [0.15, 0.2) is 71.6 Å². The molecule has 1 N–H and O–H groups in total. The predicted molar refractivity (Wildman–Crippen MR) is 129 cm³/mol. The molecule has 0 aromatic heterocycles. The highest BCUT2D eigenvalue weighted by molar-refractivity contribution is 14.1. The van der Waals surface area contributed by atoms with Gasteiger partial charge in [0.05, 0.1) is 15.6 Å². The highest BCUT2D eigenvalue weighted by atomic mass is 127. The summed E-state index contributed by atoms with van der Waals surface area (Å²) in [6, 6.07) is 19.0. The van der Waals surface area contributed by atoms with Gasteiger partial charge in [-0.05, 0) is 83.1 Å². The van der Waals surface area contributed by atoms with Crippen LogP contribution in [-0.2, 0) is 21.2 Å². The number of nitrogens with one attached hydrogen (secondary N) is 1. The molecule has 160 valence electrons. The smallest absolute Gasteiger partial charge is 0.264 e. The van der Waals surface area contributed by atoms with Gasteiger partial charge in [0.25, 0.3) is 15.9 Å². The molecule has 6 nitrogen and oxygen atoms in total. The molecule has 0 fully saturated rings. The summed E-state index contributed by atoms with van der Waals surface area (Å²) in [7, 11) is -3.75. The summed E-state index contributed by atoms with van der Waals surface area (Å²) in [5, 5.41) is 2.85. The van der Waals surface area contributed by atoms with Crippen molar-refractivity contribution in [3.05, 3.63) is 80.9 Å². The molecular formula is C22H18ClIN2O4S. The number of nitrogens with zero attached hydrogens (tertiary/aromatic N) is 1. The van der Waals surface area contributed by atoms with Gasteiger partial charge in [-0.3, -0.25) is 9.10 Å². The first-order valence-corrected chi connectivity index (χ1v) is 12.3. The summed E-state index contributed by atoms with van der Waals surface area (Å²) in [6.45, 7) is 0.133. The quantitative estimate of drug-likeness (QED) is 0.437. The summed E-state index contributed by atoms with van der Waals surface area (Å²) in [5.74, 6) is -0.108. The zero-order valence-corrected chi connectivity index (χ0v) is 19.9. The van der Waals surface area contributed by atoms with Crippen LogP contribution < -0.4 is 14.4 Å². The van der Waals surface area contributed by atoms with Gasteiger partial charge < -0.3 is 10.1 Å². The lowest BCUT2D eigenvalue weighted by atomic mass is 10.2. The van der Waals surface area contributed by atoms with Crippen molar-refractivity contribution in [1.29, 1.82) is 0 Å². The number of carbonyl (C=O) groups is 1. The fourth-order valence-electron chi connectivity index (χ4n) is 3.32. The Morgan fingerprint density at radius 2 is 1.84 bits per heavy atom. The number of hydrogen-bond donors (Lipinski definition) is 1. The molecule has 1 heterocycles. The van der Waals surface area contributed by atoms with E-state index >= 15 is 0 Å². The lowest BCUT2D eigenvalue weighted by molar-refractivity contribution is -0.118. The molecule has 0 saturated carbocycles. The molecule has 3 aromatic carbocycles. The first-order chi connectivity index (χ1) is 14.8. The Morgan fingerprint density at radius 1 is 1.10 bits per heavy atom. The van der Waals surface area contributed by atoms with E-state index in [9.17, 15) is 13.2 Å². The second-order valence-electron chi connectivity index (χ2n) is 6.89. The Kier molecular flexibility index (Phi) is 6.40. The third-order valence-corrected chi connectivity index (χ3v) is 7.65. The highest BCUT2D eigenvalue weighted by Gasteiger charge is 2.31. The topological polar surface area (TPSA) is 75.7 Å². The average molecular weight is 569 g/mol. The fraction of sp³-hybridized carbons (Fsp3) is 0.136. The normalized spacial score (nSPS) is 13.0. The van der Waals surface area contributed by atoms with Crippen LogP contribution in [-0.4, -0.2) is 27.5 Å². The maximum atomic E-state index is 13.1. The van der Waals surface area contributed by atoms with E-state index in [1.165, 1.54) is 22.5 Å². The summed E-state index contributed by atoms with van der Waals surface area (Å²) >= 11 is 8.44. The first-order valence-electron chi connectivity index (χ1n) is 9.43. The van der Waals surface area contributed by atoms with Crippen molar-refractivity contribution in [3.63, 3.8) is 0 Å². The number of anilines is 2. The van der Waals surface area contributed by atoms with E-state index < -0.39 is 10.0 Å². The second kappa shape index (κ2) is 9.05. The number of benzene rings is 3. The molecule has 4 rings (SSSR count). The van der Waals surface area contributed by atoms with Gasteiger partial charge in [0.1, 0.15) is 5.75 Å². The van der Waals surface area contributed by atoms with Crippen molar-refractivity contribution in [3.8, 4) is 5.75 Å². The molecule has 1 aliphatic heterocycles. The molecule has 0 unspecified atom stereocenters. The van der Waals surface area contributed by atoms with Crippen LogP contribution in [0.4, 0.5) is 11.4 Å². The van der Waals surface area contributed by atoms with Gasteiger partial charge in [0, 0.05) is 15.8 Å². The number of fused-ring (bicyclic) bond motifs is 1. The zero-order valence-electron chi connectivity index (χ0n) is 16.2. The maximum Gasteiger partial charge on any atom is 0.264 e. The lowest BCUT2D eigenvalue weighted by Crippen LogP contribution is -2.29. The minimum atomic E-state index is -3.75. The van der Waals surface area contributed by atoms with Crippen LogP contribution in [0.5, 0.6) is 5.75 Å². The second-order valence-corrected chi connectivity index (χ2v) is 10.4. The summed E-state index contributed by atoms with van der Waals surface area (Å²) in [6.07, 6.45) is 0.667. The Hall–Kier alpha value is -2.30. The largest absolute Gasteiger partial charge is 0.482 e. The van der Waals surface area contributed by atoms with Crippen molar-refractivity contribution >= 4 is 61.5 Å². The monoisotopic (exact) mass is 568 g/mol. The van der Waals surface area contributed by atoms with E-state index in [0.717, 1.165) is 9.13 Å². The third kappa shape index (κ3) is 4.81. The molecule has 3 aromatic rings. The molecule has 31 heavy (non-hydrogen) atoms. The SMILES string of the molecule is O=C(COc1ccc(S(=O)(=O)N2CCc3ccccc32)cc1Cl)Nc1ccc(I)cc1. The molecule has 0 atom stereocenters. The number of hydrogen-bond acceptors (Lipinski definition) is 4. The molecule has 0 bridgehead atoms. The Labute approximate surface area is 199 Å². The van der Waals surface area contributed by atoms with Crippen LogP contribution in [0.1, 0.15) is 5.56 Å². The molecule has 0 radical (unpaired) electrons. The van der Waals surface area contributed by atoms with Crippen molar-refractivity contribution in [2.24, 2.45) is 0 Å². The predicted octanol–water partition coefficient (Wildman–Crippen LogP) is 4.71. The van der Waals surface area contributed by atoms with Gasteiger partial charge >= 0.3 is 0 Å². The van der Waals surface area contributed by atoms with Crippen molar-refractivity contribution in [2.75, 3.05) is 22.8 Å². The van der Waals surface area contributed by atoms with E-state index in [0.29, 0.717) is 24.3 Å². The number of halogens is 2. The van der Waals surface area contributed by atoms with Crippen LogP contribution in [0, 0.1) is 3.57 Å². The van der Waals surface area contributed by atoms with E-state index in [1.54, 1.807) is 18.2 Å². The Balaban J connectivity index is 1.44. The minimum absolute atomic E-state index is 0.0740. The summed E-state index contributed by atoms with van der Waals surface area (Å²) in [4.78, 5) is 12.2. The molecule has 9 heteroatoms.